The molecule has 34 heavy (non-hydrogen) atoms. The standard InChI is InChI=1S/C26H28N6O2/c1-19-25-23(20-6-8-22(34-2)9-7-20)10-12-28-26(25)32(29-19)18-24(33)31-15-13-30(14-16-31)17-21-5-3-4-11-27-21/h3-12H,13-18H2,1-2H3. The van der Waals surface area contributed by atoms with Crippen molar-refractivity contribution in [1.29, 1.82) is 0 Å². The summed E-state index contributed by atoms with van der Waals surface area (Å²) in [7, 11) is 1.66. The molecule has 4 aromatic rings. The molecule has 0 bridgehead atoms. The number of benzene rings is 1. The lowest BCUT2D eigenvalue weighted by Crippen LogP contribution is -2.49. The van der Waals surface area contributed by atoms with E-state index in [-0.39, 0.29) is 12.5 Å². The van der Waals surface area contributed by atoms with Gasteiger partial charge in [-0.1, -0.05) is 18.2 Å². The van der Waals surface area contributed by atoms with E-state index >= 15 is 0 Å². The summed E-state index contributed by atoms with van der Waals surface area (Å²) in [4.78, 5) is 26.3. The zero-order chi connectivity index (χ0) is 23.5. The predicted molar refractivity (Wildman–Crippen MR) is 130 cm³/mol. The normalized spacial score (nSPS) is 14.5. The second-order valence-electron chi connectivity index (χ2n) is 8.51. The maximum atomic E-state index is 13.1. The van der Waals surface area contributed by atoms with E-state index in [2.05, 4.69) is 20.0 Å². The van der Waals surface area contributed by atoms with Crippen LogP contribution in [0.15, 0.2) is 60.9 Å². The van der Waals surface area contributed by atoms with Crippen LogP contribution in [0.5, 0.6) is 5.75 Å². The number of pyridine rings is 2. The number of amides is 1. The first-order valence-electron chi connectivity index (χ1n) is 11.5. The van der Waals surface area contributed by atoms with Gasteiger partial charge in [-0.3, -0.25) is 14.7 Å². The van der Waals surface area contributed by atoms with Gasteiger partial charge in [-0.25, -0.2) is 9.67 Å². The highest BCUT2D eigenvalue weighted by Gasteiger charge is 2.23. The highest BCUT2D eigenvalue weighted by atomic mass is 16.5. The van der Waals surface area contributed by atoms with Gasteiger partial charge in [-0.15, -0.1) is 0 Å². The van der Waals surface area contributed by atoms with Crippen molar-refractivity contribution in [2.75, 3.05) is 33.3 Å². The van der Waals surface area contributed by atoms with E-state index in [1.807, 2.05) is 66.6 Å². The Balaban J connectivity index is 1.29. The van der Waals surface area contributed by atoms with Gasteiger partial charge < -0.3 is 9.64 Å². The van der Waals surface area contributed by atoms with Crippen LogP contribution in [-0.4, -0.2) is 68.7 Å². The Labute approximate surface area is 198 Å². The summed E-state index contributed by atoms with van der Waals surface area (Å²) in [6.07, 6.45) is 3.60. The fraction of sp³-hybridized carbons (Fsp3) is 0.308. The molecule has 0 spiro atoms. The molecular formula is C26H28N6O2. The minimum Gasteiger partial charge on any atom is -0.497 e. The highest BCUT2D eigenvalue weighted by molar-refractivity contribution is 5.95. The third-order valence-corrected chi connectivity index (χ3v) is 6.33. The van der Waals surface area contributed by atoms with Crippen LogP contribution >= 0.6 is 0 Å². The van der Waals surface area contributed by atoms with E-state index in [1.165, 1.54) is 0 Å². The predicted octanol–water partition coefficient (Wildman–Crippen LogP) is 3.15. The SMILES string of the molecule is COc1ccc(-c2ccnc3c2c(C)nn3CC(=O)N2CCN(Cc3ccccn3)CC2)cc1. The molecule has 1 amide bonds. The van der Waals surface area contributed by atoms with E-state index in [0.717, 1.165) is 58.9 Å². The Bertz CT molecular complexity index is 1280. The minimum absolute atomic E-state index is 0.0681. The second-order valence-corrected chi connectivity index (χ2v) is 8.51. The number of piperazine rings is 1. The molecule has 0 unspecified atom stereocenters. The quantitative estimate of drug-likeness (QED) is 0.444. The van der Waals surface area contributed by atoms with Gasteiger partial charge >= 0.3 is 0 Å². The van der Waals surface area contributed by atoms with E-state index in [9.17, 15) is 4.79 Å². The molecule has 0 radical (unpaired) electrons. The molecule has 0 atom stereocenters. The Morgan fingerprint density at radius 3 is 2.47 bits per heavy atom. The minimum atomic E-state index is 0.0681. The van der Waals surface area contributed by atoms with Crippen molar-refractivity contribution in [3.05, 3.63) is 72.3 Å². The van der Waals surface area contributed by atoms with Crippen molar-refractivity contribution in [3.63, 3.8) is 0 Å². The van der Waals surface area contributed by atoms with E-state index < -0.39 is 0 Å². The molecule has 1 aromatic carbocycles. The van der Waals surface area contributed by atoms with Crippen LogP contribution in [-0.2, 0) is 17.9 Å². The first-order chi connectivity index (χ1) is 16.6. The third kappa shape index (κ3) is 4.49. The third-order valence-electron chi connectivity index (χ3n) is 6.33. The lowest BCUT2D eigenvalue weighted by Gasteiger charge is -2.34. The smallest absolute Gasteiger partial charge is 0.244 e. The molecule has 3 aromatic heterocycles. The number of hydrogen-bond acceptors (Lipinski definition) is 6. The molecule has 0 aliphatic carbocycles. The first kappa shape index (κ1) is 22.0. The van der Waals surface area contributed by atoms with Crippen molar-refractivity contribution in [2.24, 2.45) is 0 Å². The van der Waals surface area contributed by atoms with Gasteiger partial charge in [-0.2, -0.15) is 5.10 Å². The summed E-state index contributed by atoms with van der Waals surface area (Å²) in [6.45, 7) is 6.03. The fourth-order valence-corrected chi connectivity index (χ4v) is 4.51. The van der Waals surface area contributed by atoms with Crippen LogP contribution in [0.4, 0.5) is 0 Å². The van der Waals surface area contributed by atoms with Gasteiger partial charge in [0.05, 0.1) is 18.5 Å². The monoisotopic (exact) mass is 456 g/mol. The molecule has 0 N–H and O–H groups in total. The second kappa shape index (κ2) is 9.61. The number of carbonyl (C=O) groups is 1. The summed E-state index contributed by atoms with van der Waals surface area (Å²) in [6, 6.07) is 15.9. The average molecular weight is 457 g/mol. The van der Waals surface area contributed by atoms with Crippen molar-refractivity contribution < 1.29 is 9.53 Å². The first-order valence-corrected chi connectivity index (χ1v) is 11.5. The maximum absolute atomic E-state index is 13.1. The number of aryl methyl sites for hydroxylation is 1. The molecule has 1 aliphatic rings. The lowest BCUT2D eigenvalue weighted by atomic mass is 10.0. The molecule has 174 valence electrons. The van der Waals surface area contributed by atoms with Gasteiger partial charge in [0, 0.05) is 50.5 Å². The largest absolute Gasteiger partial charge is 0.497 e. The Kier molecular flexibility index (Phi) is 6.22. The molecule has 8 nitrogen and oxygen atoms in total. The molecule has 4 heterocycles. The Morgan fingerprint density at radius 2 is 1.76 bits per heavy atom. The van der Waals surface area contributed by atoms with Gasteiger partial charge in [0.15, 0.2) is 5.65 Å². The average Bonchev–Trinajstić information content (AvgIpc) is 3.20. The van der Waals surface area contributed by atoms with Crippen molar-refractivity contribution >= 4 is 16.9 Å². The number of carbonyl (C=O) groups excluding carboxylic acids is 1. The topological polar surface area (TPSA) is 76.4 Å². The number of nitrogens with zero attached hydrogens (tertiary/aromatic N) is 6. The summed E-state index contributed by atoms with van der Waals surface area (Å²) in [5.74, 6) is 0.880. The van der Waals surface area contributed by atoms with E-state index in [0.29, 0.717) is 13.1 Å². The molecule has 1 fully saturated rings. The molecule has 0 saturated carbocycles. The number of methoxy groups -OCH3 is 1. The van der Waals surface area contributed by atoms with E-state index in [1.54, 1.807) is 18.0 Å². The Morgan fingerprint density at radius 1 is 0.971 bits per heavy atom. The molecular weight excluding hydrogens is 428 g/mol. The van der Waals surface area contributed by atoms with Crippen LogP contribution in [0.1, 0.15) is 11.4 Å². The highest BCUT2D eigenvalue weighted by Crippen LogP contribution is 2.31. The molecule has 1 saturated heterocycles. The van der Waals surface area contributed by atoms with Gasteiger partial charge in [-0.05, 0) is 48.4 Å². The zero-order valence-electron chi connectivity index (χ0n) is 19.5. The summed E-state index contributed by atoms with van der Waals surface area (Å²) in [5.41, 5.74) is 4.76. The summed E-state index contributed by atoms with van der Waals surface area (Å²) in [5, 5.41) is 5.65. The number of ether oxygens (including phenoxy) is 1. The summed E-state index contributed by atoms with van der Waals surface area (Å²) < 4.78 is 7.02. The Hall–Kier alpha value is -3.78. The lowest BCUT2D eigenvalue weighted by molar-refractivity contribution is -0.133. The number of fused-ring (bicyclic) bond motifs is 1. The van der Waals surface area contributed by atoms with Crippen LogP contribution in [0, 0.1) is 6.92 Å². The summed E-state index contributed by atoms with van der Waals surface area (Å²) >= 11 is 0. The van der Waals surface area contributed by atoms with E-state index in [4.69, 9.17) is 4.74 Å². The van der Waals surface area contributed by atoms with Crippen LogP contribution in [0.25, 0.3) is 22.2 Å². The van der Waals surface area contributed by atoms with Gasteiger partial charge in [0.25, 0.3) is 0 Å². The zero-order valence-corrected chi connectivity index (χ0v) is 19.5. The van der Waals surface area contributed by atoms with Crippen LogP contribution < -0.4 is 4.74 Å². The molecule has 1 aliphatic heterocycles. The number of rotatable bonds is 6. The van der Waals surface area contributed by atoms with Crippen molar-refractivity contribution in [1.82, 2.24) is 29.5 Å². The molecule has 5 rings (SSSR count). The van der Waals surface area contributed by atoms with Crippen molar-refractivity contribution in [2.45, 2.75) is 20.0 Å². The molecule has 8 heteroatoms. The van der Waals surface area contributed by atoms with Crippen molar-refractivity contribution in [3.8, 4) is 16.9 Å². The number of hydrogen-bond donors (Lipinski definition) is 0. The van der Waals surface area contributed by atoms with Crippen LogP contribution in [0.2, 0.25) is 0 Å². The van der Waals surface area contributed by atoms with Crippen LogP contribution in [0.3, 0.4) is 0 Å². The number of aromatic nitrogens is 4. The maximum Gasteiger partial charge on any atom is 0.244 e. The fourth-order valence-electron chi connectivity index (χ4n) is 4.51. The van der Waals surface area contributed by atoms with Gasteiger partial charge in [0.2, 0.25) is 5.91 Å². The van der Waals surface area contributed by atoms with Gasteiger partial charge in [0.1, 0.15) is 12.3 Å².